The Balaban J connectivity index is 1.10. The molecular weight excluding hydrogens is 685 g/mol. The maximum Gasteiger partial charge on any atom is 0.0165 e. The molecule has 57 heavy (non-hydrogen) atoms. The molecule has 1 aliphatic carbocycles. The zero-order valence-electron chi connectivity index (χ0n) is 32.0. The van der Waals surface area contributed by atoms with Crippen LogP contribution in [0, 0.1) is 0 Å². The molecule has 0 radical (unpaired) electrons. The summed E-state index contributed by atoms with van der Waals surface area (Å²) in [6.07, 6.45) is 0. The second-order valence-electron chi connectivity index (χ2n) is 16.3. The molecule has 0 atom stereocenters. The maximum absolute atomic E-state index is 2.44. The van der Waals surface area contributed by atoms with Gasteiger partial charge in [0, 0.05) is 5.41 Å². The van der Waals surface area contributed by atoms with Gasteiger partial charge in [0.15, 0.2) is 0 Å². The number of benzene rings is 11. The highest BCUT2D eigenvalue weighted by molar-refractivity contribution is 6.23. The molecule has 0 aromatic heterocycles. The molecule has 0 fully saturated rings. The molecule has 11 aromatic carbocycles. The summed E-state index contributed by atoms with van der Waals surface area (Å²) in [6.45, 7) is 4.83. The van der Waals surface area contributed by atoms with Gasteiger partial charge in [-0.1, -0.05) is 196 Å². The van der Waals surface area contributed by atoms with Crippen LogP contribution in [-0.2, 0) is 5.41 Å². The van der Waals surface area contributed by atoms with Gasteiger partial charge in [-0.2, -0.15) is 0 Å². The molecule has 0 saturated heterocycles. The molecular formula is C57H38. The van der Waals surface area contributed by atoms with Gasteiger partial charge < -0.3 is 0 Å². The van der Waals surface area contributed by atoms with Gasteiger partial charge in [0.05, 0.1) is 0 Å². The van der Waals surface area contributed by atoms with Crippen molar-refractivity contribution in [3.05, 3.63) is 205 Å². The van der Waals surface area contributed by atoms with Crippen molar-refractivity contribution in [1.82, 2.24) is 0 Å². The molecule has 11 aromatic rings. The van der Waals surface area contributed by atoms with Gasteiger partial charge in [0.25, 0.3) is 0 Å². The van der Waals surface area contributed by atoms with Crippen molar-refractivity contribution >= 4 is 64.6 Å². The first-order valence-electron chi connectivity index (χ1n) is 20.1. The topological polar surface area (TPSA) is 0 Å². The second kappa shape index (κ2) is 12.0. The van der Waals surface area contributed by atoms with E-state index < -0.39 is 0 Å². The van der Waals surface area contributed by atoms with Gasteiger partial charge in [0.1, 0.15) is 0 Å². The summed E-state index contributed by atoms with van der Waals surface area (Å²) in [4.78, 5) is 0. The third kappa shape index (κ3) is 4.56. The molecule has 266 valence electrons. The van der Waals surface area contributed by atoms with E-state index in [2.05, 4.69) is 208 Å². The van der Waals surface area contributed by atoms with E-state index >= 15 is 0 Å². The largest absolute Gasteiger partial charge is 0.0616 e. The van der Waals surface area contributed by atoms with Crippen molar-refractivity contribution in [2.24, 2.45) is 0 Å². The Morgan fingerprint density at radius 2 is 0.737 bits per heavy atom. The Morgan fingerprint density at radius 1 is 0.281 bits per heavy atom. The molecule has 0 spiro atoms. The van der Waals surface area contributed by atoms with Crippen LogP contribution in [0.3, 0.4) is 0 Å². The maximum atomic E-state index is 2.44. The normalized spacial score (nSPS) is 13.2. The molecule has 0 heterocycles. The molecule has 0 N–H and O–H groups in total. The van der Waals surface area contributed by atoms with E-state index in [9.17, 15) is 0 Å². The molecule has 0 bridgehead atoms. The first-order valence-corrected chi connectivity index (χ1v) is 20.1. The highest BCUT2D eigenvalue weighted by atomic mass is 14.4. The van der Waals surface area contributed by atoms with Crippen molar-refractivity contribution in [3.8, 4) is 44.5 Å². The van der Waals surface area contributed by atoms with E-state index in [1.165, 1.54) is 120 Å². The third-order valence-electron chi connectivity index (χ3n) is 13.0. The van der Waals surface area contributed by atoms with Crippen LogP contribution in [0.1, 0.15) is 25.0 Å². The summed E-state index contributed by atoms with van der Waals surface area (Å²) in [7, 11) is 0. The van der Waals surface area contributed by atoms with E-state index in [0.717, 1.165) is 0 Å². The first kappa shape index (κ1) is 32.2. The lowest BCUT2D eigenvalue weighted by molar-refractivity contribution is 0.666. The minimum Gasteiger partial charge on any atom is -0.0616 e. The molecule has 12 rings (SSSR count). The molecule has 0 nitrogen and oxygen atoms in total. The summed E-state index contributed by atoms with van der Waals surface area (Å²) in [6, 6.07) is 72.6. The predicted molar refractivity (Wildman–Crippen MR) is 245 cm³/mol. The summed E-state index contributed by atoms with van der Waals surface area (Å²) < 4.78 is 0. The Bertz CT molecular complexity index is 3430. The number of hydrogen-bond acceptors (Lipinski definition) is 0. The fraction of sp³-hybridized carbons (Fsp3) is 0.0526. The van der Waals surface area contributed by atoms with E-state index in [1.54, 1.807) is 0 Å². The molecule has 0 unspecified atom stereocenters. The quantitative estimate of drug-likeness (QED) is 0.126. The second-order valence-corrected chi connectivity index (χ2v) is 16.3. The highest BCUT2D eigenvalue weighted by Crippen LogP contribution is 2.57. The Morgan fingerprint density at radius 3 is 1.39 bits per heavy atom. The van der Waals surface area contributed by atoms with E-state index in [1.807, 2.05) is 0 Å². The summed E-state index contributed by atoms with van der Waals surface area (Å²) in [5, 5.41) is 15.5. The predicted octanol–water partition coefficient (Wildman–Crippen LogP) is 15.9. The van der Waals surface area contributed by atoms with Gasteiger partial charge in [-0.05, 0) is 132 Å². The lowest BCUT2D eigenvalue weighted by Crippen LogP contribution is -2.15. The van der Waals surface area contributed by atoms with Gasteiger partial charge in [-0.3, -0.25) is 0 Å². The molecule has 0 saturated carbocycles. The molecule has 0 aliphatic heterocycles. The first-order chi connectivity index (χ1) is 28.1. The lowest BCUT2D eigenvalue weighted by Gasteiger charge is -2.24. The van der Waals surface area contributed by atoms with Crippen LogP contribution in [-0.4, -0.2) is 0 Å². The van der Waals surface area contributed by atoms with E-state index in [-0.39, 0.29) is 5.41 Å². The minimum absolute atomic E-state index is 0.154. The van der Waals surface area contributed by atoms with Gasteiger partial charge in [-0.15, -0.1) is 0 Å². The SMILES string of the molecule is CC1(C)c2cccc(-c3cccc(-c4c5ccccc5c(-c5ccc6ccc7ccccc7c6c5)c5ccccc45)c3)c2-c2c1c1ccccc1c1ccccc21. The van der Waals surface area contributed by atoms with Gasteiger partial charge in [-0.25, -0.2) is 0 Å². The average molecular weight is 723 g/mol. The van der Waals surface area contributed by atoms with Crippen LogP contribution in [0.2, 0.25) is 0 Å². The lowest BCUT2D eigenvalue weighted by atomic mass is 9.79. The third-order valence-corrected chi connectivity index (χ3v) is 13.0. The Labute approximate surface area is 332 Å². The number of rotatable bonds is 3. The van der Waals surface area contributed by atoms with E-state index in [0.29, 0.717) is 0 Å². The standard InChI is InChI=1S/C57H38/c1-57(2)51-28-14-27-41(54(51)55-44-21-7-5-19-42(44)43-20-6-12-26-49(43)56(55)57)37-16-13-17-38(33-37)52-45-22-8-10-24-47(45)53(48-25-11-9-23-46(48)52)39-32-31-36-30-29-35-15-3-4-18-40(35)50(36)34-39/h3-34H,1-2H3. The monoisotopic (exact) mass is 722 g/mol. The summed E-state index contributed by atoms with van der Waals surface area (Å²) in [5.74, 6) is 0. The fourth-order valence-corrected chi connectivity index (χ4v) is 10.5. The van der Waals surface area contributed by atoms with Crippen molar-refractivity contribution in [3.63, 3.8) is 0 Å². The summed E-state index contributed by atoms with van der Waals surface area (Å²) >= 11 is 0. The van der Waals surface area contributed by atoms with Crippen LogP contribution in [0.15, 0.2) is 194 Å². The van der Waals surface area contributed by atoms with Crippen molar-refractivity contribution in [1.29, 1.82) is 0 Å². The molecule has 1 aliphatic rings. The summed E-state index contributed by atoms with van der Waals surface area (Å²) in [5.41, 5.74) is 13.0. The minimum atomic E-state index is -0.154. The van der Waals surface area contributed by atoms with Crippen LogP contribution in [0.4, 0.5) is 0 Å². The van der Waals surface area contributed by atoms with Crippen LogP contribution >= 0.6 is 0 Å². The van der Waals surface area contributed by atoms with Crippen molar-refractivity contribution < 1.29 is 0 Å². The Hall–Kier alpha value is -7.02. The number of hydrogen-bond donors (Lipinski definition) is 0. The zero-order chi connectivity index (χ0) is 37.8. The molecule has 0 amide bonds. The fourth-order valence-electron chi connectivity index (χ4n) is 10.5. The van der Waals surface area contributed by atoms with Gasteiger partial charge >= 0.3 is 0 Å². The van der Waals surface area contributed by atoms with Crippen LogP contribution in [0.25, 0.3) is 109 Å². The highest BCUT2D eigenvalue weighted by Gasteiger charge is 2.39. The van der Waals surface area contributed by atoms with Crippen LogP contribution in [0.5, 0.6) is 0 Å². The van der Waals surface area contributed by atoms with Crippen molar-refractivity contribution in [2.45, 2.75) is 19.3 Å². The smallest absolute Gasteiger partial charge is 0.0165 e. The van der Waals surface area contributed by atoms with Gasteiger partial charge in [0.2, 0.25) is 0 Å². The number of fused-ring (bicyclic) bond motifs is 13. The van der Waals surface area contributed by atoms with Crippen molar-refractivity contribution in [2.75, 3.05) is 0 Å². The molecule has 0 heteroatoms. The zero-order valence-corrected chi connectivity index (χ0v) is 32.0. The Kier molecular flexibility index (Phi) is 6.78. The average Bonchev–Trinajstić information content (AvgIpc) is 3.52. The van der Waals surface area contributed by atoms with E-state index in [4.69, 9.17) is 0 Å². The van der Waals surface area contributed by atoms with Crippen LogP contribution < -0.4 is 0 Å².